The first-order valence-corrected chi connectivity index (χ1v) is 7.24. The zero-order chi connectivity index (χ0) is 15.6. The molecular weight excluding hydrogens is 275 g/mol. The molecule has 1 aliphatic carbocycles. The molecule has 3 atom stereocenters. The molecule has 2 rings (SSSR count). The second kappa shape index (κ2) is 5.97. The van der Waals surface area contributed by atoms with Crippen molar-refractivity contribution in [1.29, 1.82) is 0 Å². The zero-order valence-electron chi connectivity index (χ0n) is 12.6. The summed E-state index contributed by atoms with van der Waals surface area (Å²) < 4.78 is 19.5. The highest BCUT2D eigenvalue weighted by Crippen LogP contribution is 2.47. The fourth-order valence-corrected chi connectivity index (χ4v) is 2.90. The highest BCUT2D eigenvalue weighted by molar-refractivity contribution is 5.53. The minimum absolute atomic E-state index is 0.0514. The van der Waals surface area contributed by atoms with E-state index < -0.39 is 10.7 Å². The van der Waals surface area contributed by atoms with Gasteiger partial charge in [-0.1, -0.05) is 13.8 Å². The number of hydrogen-bond donors (Lipinski definition) is 1. The predicted octanol–water partition coefficient (Wildman–Crippen LogP) is 3.74. The molecule has 0 amide bonds. The second-order valence-electron chi connectivity index (χ2n) is 5.66. The Hall–Kier alpha value is -1.69. The maximum absolute atomic E-state index is 13.8. The van der Waals surface area contributed by atoms with Gasteiger partial charge in [-0.15, -0.1) is 0 Å². The molecule has 0 spiro atoms. The minimum Gasteiger partial charge on any atom is -0.379 e. The molecule has 0 bridgehead atoms. The average Bonchev–Trinajstić information content (AvgIpc) is 2.46. The van der Waals surface area contributed by atoms with Crippen LogP contribution in [0.5, 0.6) is 0 Å². The molecule has 116 valence electrons. The zero-order valence-corrected chi connectivity index (χ0v) is 12.6. The smallest absolute Gasteiger partial charge is 0.271 e. The standard InChI is InChI=1S/C15H21FN2O3/c1-4-15(3)13(9-14(15)21-5-2)17-12-8-10(18(19)20)6-7-11(12)16/h6-8,13-14,17H,4-5,9H2,1-3H3. The number of nitrogens with one attached hydrogen (secondary N) is 1. The molecule has 3 unspecified atom stereocenters. The van der Waals surface area contributed by atoms with Crippen LogP contribution in [0.4, 0.5) is 15.8 Å². The molecule has 6 heteroatoms. The fraction of sp³-hybridized carbons (Fsp3) is 0.600. The number of rotatable bonds is 6. The van der Waals surface area contributed by atoms with Crippen LogP contribution in [-0.2, 0) is 4.74 Å². The summed E-state index contributed by atoms with van der Waals surface area (Å²) in [4.78, 5) is 10.3. The molecular formula is C15H21FN2O3. The molecule has 0 heterocycles. The van der Waals surface area contributed by atoms with Crippen molar-refractivity contribution in [3.63, 3.8) is 0 Å². The number of benzene rings is 1. The van der Waals surface area contributed by atoms with E-state index >= 15 is 0 Å². The number of nitrogens with zero attached hydrogens (tertiary/aromatic N) is 1. The summed E-state index contributed by atoms with van der Waals surface area (Å²) >= 11 is 0. The van der Waals surface area contributed by atoms with Crippen LogP contribution in [0.25, 0.3) is 0 Å². The summed E-state index contributed by atoms with van der Waals surface area (Å²) in [6.07, 6.45) is 1.82. The Morgan fingerprint density at radius 1 is 1.52 bits per heavy atom. The van der Waals surface area contributed by atoms with Crippen LogP contribution in [0.1, 0.15) is 33.6 Å². The Kier molecular flexibility index (Phi) is 4.46. The predicted molar refractivity (Wildman–Crippen MR) is 78.9 cm³/mol. The Morgan fingerprint density at radius 2 is 2.24 bits per heavy atom. The maximum atomic E-state index is 13.8. The summed E-state index contributed by atoms with van der Waals surface area (Å²) in [5.41, 5.74) is -0.0193. The van der Waals surface area contributed by atoms with Gasteiger partial charge in [0.2, 0.25) is 0 Å². The van der Waals surface area contributed by atoms with E-state index in [0.717, 1.165) is 18.9 Å². The number of nitro benzene ring substituents is 1. The van der Waals surface area contributed by atoms with Crippen LogP contribution >= 0.6 is 0 Å². The van der Waals surface area contributed by atoms with Gasteiger partial charge in [-0.25, -0.2) is 4.39 Å². The van der Waals surface area contributed by atoms with E-state index in [-0.39, 0.29) is 28.9 Å². The lowest BCUT2D eigenvalue weighted by atomic mass is 9.61. The van der Waals surface area contributed by atoms with Crippen molar-refractivity contribution < 1.29 is 14.1 Å². The van der Waals surface area contributed by atoms with Crippen molar-refractivity contribution in [3.05, 3.63) is 34.1 Å². The molecule has 0 aliphatic heterocycles. The normalized spacial score (nSPS) is 28.0. The summed E-state index contributed by atoms with van der Waals surface area (Å²) in [6.45, 7) is 6.78. The third-order valence-electron chi connectivity index (χ3n) is 4.60. The molecule has 5 nitrogen and oxygen atoms in total. The molecule has 0 saturated heterocycles. The largest absolute Gasteiger partial charge is 0.379 e. The number of ether oxygens (including phenoxy) is 1. The number of nitro groups is 1. The van der Waals surface area contributed by atoms with Gasteiger partial charge >= 0.3 is 0 Å². The van der Waals surface area contributed by atoms with Crippen LogP contribution < -0.4 is 5.32 Å². The van der Waals surface area contributed by atoms with E-state index in [4.69, 9.17) is 4.74 Å². The van der Waals surface area contributed by atoms with Crippen molar-refractivity contribution in [1.82, 2.24) is 0 Å². The lowest BCUT2D eigenvalue weighted by molar-refractivity contribution is -0.384. The van der Waals surface area contributed by atoms with Gasteiger partial charge in [0.15, 0.2) is 0 Å². The molecule has 1 aliphatic rings. The van der Waals surface area contributed by atoms with E-state index in [0.29, 0.717) is 6.61 Å². The molecule has 0 aromatic heterocycles. The number of non-ortho nitro benzene ring substituents is 1. The first-order chi connectivity index (χ1) is 9.92. The summed E-state index contributed by atoms with van der Waals surface area (Å²) in [6, 6.07) is 3.60. The number of hydrogen-bond acceptors (Lipinski definition) is 4. The Morgan fingerprint density at radius 3 is 2.81 bits per heavy atom. The van der Waals surface area contributed by atoms with Crippen LogP contribution in [0.15, 0.2) is 18.2 Å². The van der Waals surface area contributed by atoms with Gasteiger partial charge in [0.25, 0.3) is 5.69 Å². The Bertz CT molecular complexity index is 538. The van der Waals surface area contributed by atoms with Crippen molar-refractivity contribution >= 4 is 11.4 Å². The van der Waals surface area contributed by atoms with Gasteiger partial charge in [0, 0.05) is 30.2 Å². The minimum atomic E-state index is -0.520. The van der Waals surface area contributed by atoms with E-state index in [9.17, 15) is 14.5 Å². The Labute approximate surface area is 123 Å². The third kappa shape index (κ3) is 2.85. The van der Waals surface area contributed by atoms with Crippen LogP contribution in [0.3, 0.4) is 0 Å². The van der Waals surface area contributed by atoms with E-state index in [1.165, 1.54) is 12.1 Å². The highest BCUT2D eigenvalue weighted by Gasteiger charge is 2.51. The van der Waals surface area contributed by atoms with Crippen molar-refractivity contribution in [2.45, 2.75) is 45.8 Å². The van der Waals surface area contributed by atoms with Gasteiger partial charge in [0.05, 0.1) is 16.7 Å². The van der Waals surface area contributed by atoms with Gasteiger partial charge < -0.3 is 10.1 Å². The van der Waals surface area contributed by atoms with Crippen molar-refractivity contribution in [2.24, 2.45) is 5.41 Å². The lowest BCUT2D eigenvalue weighted by Gasteiger charge is -2.53. The van der Waals surface area contributed by atoms with Gasteiger partial charge in [-0.2, -0.15) is 0 Å². The van der Waals surface area contributed by atoms with Crippen LogP contribution in [-0.4, -0.2) is 23.7 Å². The quantitative estimate of drug-likeness (QED) is 0.641. The third-order valence-corrected chi connectivity index (χ3v) is 4.60. The average molecular weight is 296 g/mol. The molecule has 1 aromatic carbocycles. The van der Waals surface area contributed by atoms with Gasteiger partial charge in [-0.3, -0.25) is 10.1 Å². The monoisotopic (exact) mass is 296 g/mol. The molecule has 0 radical (unpaired) electrons. The molecule has 1 N–H and O–H groups in total. The van der Waals surface area contributed by atoms with E-state index in [1.807, 2.05) is 6.92 Å². The summed E-state index contributed by atoms with van der Waals surface area (Å²) in [5, 5.41) is 13.9. The van der Waals surface area contributed by atoms with E-state index in [1.54, 1.807) is 0 Å². The maximum Gasteiger partial charge on any atom is 0.271 e. The SMILES string of the molecule is CCOC1CC(Nc2cc([N+](=O)[O-])ccc2F)C1(C)CC. The van der Waals surface area contributed by atoms with Crippen molar-refractivity contribution in [2.75, 3.05) is 11.9 Å². The van der Waals surface area contributed by atoms with Gasteiger partial charge in [-0.05, 0) is 25.8 Å². The highest BCUT2D eigenvalue weighted by atomic mass is 19.1. The molecule has 1 fully saturated rings. The number of halogens is 1. The Balaban J connectivity index is 2.15. The van der Waals surface area contributed by atoms with E-state index in [2.05, 4.69) is 19.2 Å². The molecule has 1 saturated carbocycles. The fourth-order valence-electron chi connectivity index (χ4n) is 2.90. The lowest BCUT2D eigenvalue weighted by Crippen LogP contribution is -2.59. The van der Waals surface area contributed by atoms with Crippen LogP contribution in [0, 0.1) is 21.3 Å². The van der Waals surface area contributed by atoms with Crippen LogP contribution in [0.2, 0.25) is 0 Å². The molecule has 21 heavy (non-hydrogen) atoms. The van der Waals surface area contributed by atoms with Crippen molar-refractivity contribution in [3.8, 4) is 0 Å². The van der Waals surface area contributed by atoms with Gasteiger partial charge in [0.1, 0.15) is 5.82 Å². The number of anilines is 1. The topological polar surface area (TPSA) is 64.4 Å². The summed E-state index contributed by atoms with van der Waals surface area (Å²) in [5.74, 6) is -0.473. The molecule has 1 aromatic rings. The summed E-state index contributed by atoms with van der Waals surface area (Å²) in [7, 11) is 0. The first-order valence-electron chi connectivity index (χ1n) is 7.24. The first kappa shape index (κ1) is 15.7. The second-order valence-corrected chi connectivity index (χ2v) is 5.66.